The van der Waals surface area contributed by atoms with Crippen LogP contribution >= 0.6 is 0 Å². The summed E-state index contributed by atoms with van der Waals surface area (Å²) >= 11 is 0. The molecule has 0 aliphatic heterocycles. The maximum Gasteiger partial charge on any atom is 0.408 e. The number of nitrogens with two attached hydrogens (primary N) is 1. The molecular weight excluding hydrogens is 364 g/mol. The van der Waals surface area contributed by atoms with Crippen LogP contribution in [0.1, 0.15) is 32.9 Å². The van der Waals surface area contributed by atoms with E-state index in [0.29, 0.717) is 25.2 Å². The fourth-order valence-electron chi connectivity index (χ4n) is 1.92. The molecule has 26 heavy (non-hydrogen) atoms. The predicted molar refractivity (Wildman–Crippen MR) is 93.5 cm³/mol. The molecule has 1 unspecified atom stereocenters. The Hall–Kier alpha value is -2.21. The molecule has 11 nitrogen and oxygen atoms in total. The highest BCUT2D eigenvalue weighted by atomic mass is 32.2. The average molecular weight is 390 g/mol. The third kappa shape index (κ3) is 8.76. The van der Waals surface area contributed by atoms with Crippen molar-refractivity contribution in [2.45, 2.75) is 51.8 Å². The first kappa shape index (κ1) is 21.8. The van der Waals surface area contributed by atoms with E-state index in [0.717, 1.165) is 6.26 Å². The van der Waals surface area contributed by atoms with Crippen LogP contribution in [0.2, 0.25) is 0 Å². The molecule has 0 aliphatic rings. The number of rotatable bonds is 8. The molecule has 0 bridgehead atoms. The molecule has 0 saturated heterocycles. The zero-order chi connectivity index (χ0) is 20.0. The minimum absolute atomic E-state index is 0.0524. The summed E-state index contributed by atoms with van der Waals surface area (Å²) in [6.07, 6.45) is 2.26. The van der Waals surface area contributed by atoms with Gasteiger partial charge in [0, 0.05) is 19.2 Å². The number of nitrogens with one attached hydrogen (secondary N) is 2. The van der Waals surface area contributed by atoms with E-state index in [2.05, 4.69) is 15.6 Å². The summed E-state index contributed by atoms with van der Waals surface area (Å²) in [5, 5.41) is 10.2. The van der Waals surface area contributed by atoms with Crippen LogP contribution in [0.5, 0.6) is 0 Å². The van der Waals surface area contributed by atoms with E-state index in [1.165, 1.54) is 0 Å². The molecule has 0 aromatic carbocycles. The first-order chi connectivity index (χ1) is 11.9. The fraction of sp³-hybridized carbons (Fsp3) is 0.714. The van der Waals surface area contributed by atoms with Gasteiger partial charge >= 0.3 is 6.09 Å². The minimum Gasteiger partial charge on any atom is -0.444 e. The number of ether oxygens (including phenoxy) is 1. The average Bonchev–Trinajstić information content (AvgIpc) is 2.88. The highest BCUT2D eigenvalue weighted by Gasteiger charge is 2.27. The molecule has 0 saturated carbocycles. The number of nitrogens with zero attached hydrogens (tertiary/aromatic N) is 3. The third-order valence-corrected chi connectivity index (χ3v) is 3.46. The molecule has 0 radical (unpaired) electrons. The lowest BCUT2D eigenvalue weighted by atomic mass is 10.1. The number of amides is 2. The molecule has 1 heterocycles. The van der Waals surface area contributed by atoms with E-state index < -0.39 is 33.7 Å². The van der Waals surface area contributed by atoms with Crippen LogP contribution in [-0.2, 0) is 32.5 Å². The zero-order valence-corrected chi connectivity index (χ0v) is 16.2. The van der Waals surface area contributed by atoms with E-state index in [1.807, 2.05) is 4.72 Å². The summed E-state index contributed by atoms with van der Waals surface area (Å²) in [5.74, 6) is -0.894. The summed E-state index contributed by atoms with van der Waals surface area (Å²) < 4.78 is 31.1. The highest BCUT2D eigenvalue weighted by molar-refractivity contribution is 7.89. The van der Waals surface area contributed by atoms with Gasteiger partial charge in [-0.15, -0.1) is 5.10 Å². The van der Waals surface area contributed by atoms with E-state index in [1.54, 1.807) is 31.6 Å². The van der Waals surface area contributed by atoms with Crippen LogP contribution in [0.15, 0.2) is 6.20 Å². The van der Waals surface area contributed by atoms with Gasteiger partial charge in [0.15, 0.2) is 0 Å². The molecule has 0 spiro atoms. The fourth-order valence-corrected chi connectivity index (χ4v) is 2.42. The molecule has 12 heteroatoms. The first-order valence-electron chi connectivity index (χ1n) is 8.00. The topological polar surface area (TPSA) is 158 Å². The molecule has 1 rings (SSSR count). The number of alkyl carbamates (subject to hydrolysis) is 1. The van der Waals surface area contributed by atoms with E-state index in [-0.39, 0.29) is 6.42 Å². The Bertz CT molecular complexity index is 724. The predicted octanol–water partition coefficient (Wildman–Crippen LogP) is -0.861. The quantitative estimate of drug-likeness (QED) is 0.517. The van der Waals surface area contributed by atoms with E-state index in [4.69, 9.17) is 10.5 Å². The van der Waals surface area contributed by atoms with Crippen LogP contribution in [0, 0.1) is 0 Å². The molecule has 148 valence electrons. The smallest absolute Gasteiger partial charge is 0.408 e. The standard InChI is InChI=1S/C14H26N6O5S/c1-14(2,3)25-13(22)16-11(12(21)18-26(4,23)24)8-10-9-20(19-17-10)7-5-6-15/h9,11H,5-8,15H2,1-4H3,(H,16,22)(H,18,21). The van der Waals surface area contributed by atoms with Crippen LogP contribution in [0.25, 0.3) is 0 Å². The number of sulfonamides is 1. The van der Waals surface area contributed by atoms with Crippen molar-refractivity contribution < 1.29 is 22.7 Å². The molecule has 0 aliphatic carbocycles. The van der Waals surface area contributed by atoms with E-state index >= 15 is 0 Å². The summed E-state index contributed by atoms with van der Waals surface area (Å²) in [5.41, 5.74) is 5.07. The molecular formula is C14H26N6O5S. The van der Waals surface area contributed by atoms with Gasteiger partial charge in [0.25, 0.3) is 5.91 Å². The summed E-state index contributed by atoms with van der Waals surface area (Å²) in [6.45, 7) is 6.06. The lowest BCUT2D eigenvalue weighted by Gasteiger charge is -2.22. The maximum absolute atomic E-state index is 12.2. The monoisotopic (exact) mass is 390 g/mol. The number of carbonyl (C=O) groups is 2. The van der Waals surface area contributed by atoms with E-state index in [9.17, 15) is 18.0 Å². The summed E-state index contributed by atoms with van der Waals surface area (Å²) in [4.78, 5) is 24.2. The molecule has 0 fully saturated rings. The lowest BCUT2D eigenvalue weighted by molar-refractivity contribution is -0.121. The van der Waals surface area contributed by atoms with Gasteiger partial charge in [0.05, 0.1) is 11.9 Å². The van der Waals surface area contributed by atoms with Crippen molar-refractivity contribution in [2.75, 3.05) is 12.8 Å². The number of aryl methyl sites for hydroxylation is 1. The second-order valence-corrected chi connectivity index (χ2v) is 8.51. The van der Waals surface area contributed by atoms with Gasteiger partial charge < -0.3 is 15.8 Å². The molecule has 1 aromatic rings. The maximum atomic E-state index is 12.2. The van der Waals surface area contributed by atoms with Crippen molar-refractivity contribution in [3.63, 3.8) is 0 Å². The van der Waals surface area contributed by atoms with Crippen LogP contribution in [0.4, 0.5) is 4.79 Å². The van der Waals surface area contributed by atoms with Crippen molar-refractivity contribution in [1.82, 2.24) is 25.0 Å². The van der Waals surface area contributed by atoms with Gasteiger partial charge in [-0.1, -0.05) is 5.21 Å². The molecule has 1 atom stereocenters. The number of hydrogen-bond donors (Lipinski definition) is 3. The Morgan fingerprint density at radius 1 is 1.38 bits per heavy atom. The van der Waals surface area contributed by atoms with Gasteiger partial charge in [-0.25, -0.2) is 13.2 Å². The largest absolute Gasteiger partial charge is 0.444 e. The van der Waals surface area contributed by atoms with Crippen molar-refractivity contribution in [3.05, 3.63) is 11.9 Å². The molecule has 2 amide bonds. The second-order valence-electron chi connectivity index (χ2n) is 6.76. The van der Waals surface area contributed by atoms with Gasteiger partial charge in [-0.3, -0.25) is 14.2 Å². The first-order valence-corrected chi connectivity index (χ1v) is 9.89. The van der Waals surface area contributed by atoms with Crippen LogP contribution in [-0.4, -0.2) is 59.9 Å². The second kappa shape index (κ2) is 8.94. The Morgan fingerprint density at radius 2 is 2.04 bits per heavy atom. The molecule has 4 N–H and O–H groups in total. The Kier molecular flexibility index (Phi) is 7.51. The van der Waals surface area contributed by atoms with Gasteiger partial charge in [0.1, 0.15) is 11.6 Å². The zero-order valence-electron chi connectivity index (χ0n) is 15.4. The van der Waals surface area contributed by atoms with Crippen molar-refractivity contribution in [2.24, 2.45) is 5.73 Å². The van der Waals surface area contributed by atoms with Crippen LogP contribution < -0.4 is 15.8 Å². The number of aromatic nitrogens is 3. The van der Waals surface area contributed by atoms with Crippen molar-refractivity contribution in [1.29, 1.82) is 0 Å². The summed E-state index contributed by atoms with van der Waals surface area (Å²) in [7, 11) is -3.79. The van der Waals surface area contributed by atoms with Crippen molar-refractivity contribution >= 4 is 22.0 Å². The third-order valence-electron chi connectivity index (χ3n) is 2.88. The lowest BCUT2D eigenvalue weighted by Crippen LogP contribution is -2.50. The Labute approximate surface area is 152 Å². The summed E-state index contributed by atoms with van der Waals surface area (Å²) in [6, 6.07) is -1.20. The Morgan fingerprint density at radius 3 is 2.58 bits per heavy atom. The molecule has 1 aromatic heterocycles. The van der Waals surface area contributed by atoms with Gasteiger partial charge in [-0.05, 0) is 33.7 Å². The Balaban J connectivity index is 2.87. The number of carbonyl (C=O) groups excluding carboxylic acids is 2. The van der Waals surface area contributed by atoms with Crippen LogP contribution in [0.3, 0.4) is 0 Å². The van der Waals surface area contributed by atoms with Gasteiger partial charge in [-0.2, -0.15) is 0 Å². The van der Waals surface area contributed by atoms with Gasteiger partial charge in [0.2, 0.25) is 10.0 Å². The highest BCUT2D eigenvalue weighted by Crippen LogP contribution is 2.08. The number of hydrogen-bond acceptors (Lipinski definition) is 8. The SMILES string of the molecule is CC(C)(C)OC(=O)NC(Cc1cn(CCCN)nn1)C(=O)NS(C)(=O)=O. The normalized spacial score (nSPS) is 13.1. The minimum atomic E-state index is -3.79. The van der Waals surface area contributed by atoms with Crippen molar-refractivity contribution in [3.8, 4) is 0 Å².